The van der Waals surface area contributed by atoms with E-state index >= 15 is 0 Å². The van der Waals surface area contributed by atoms with Crippen molar-refractivity contribution in [3.8, 4) is 6.07 Å². The van der Waals surface area contributed by atoms with Crippen molar-refractivity contribution in [1.82, 2.24) is 9.88 Å². The van der Waals surface area contributed by atoms with Gasteiger partial charge in [-0.05, 0) is 24.8 Å². The molecule has 0 saturated heterocycles. The molecule has 1 N–H and O–H groups in total. The van der Waals surface area contributed by atoms with Crippen molar-refractivity contribution in [2.75, 3.05) is 13.6 Å². The zero-order chi connectivity index (χ0) is 9.68. The van der Waals surface area contributed by atoms with Crippen LogP contribution in [0.25, 0.3) is 0 Å². The van der Waals surface area contributed by atoms with E-state index in [1.165, 1.54) is 0 Å². The molecular formula is C10H13N3. The molecule has 0 radical (unpaired) electrons. The van der Waals surface area contributed by atoms with Gasteiger partial charge in [0.15, 0.2) is 0 Å². The third-order valence-electron chi connectivity index (χ3n) is 1.76. The summed E-state index contributed by atoms with van der Waals surface area (Å²) in [5, 5.41) is 11.8. The maximum atomic E-state index is 8.73. The summed E-state index contributed by atoms with van der Waals surface area (Å²) in [6.45, 7) is 5.39. The second-order valence-electron chi connectivity index (χ2n) is 2.91. The van der Waals surface area contributed by atoms with E-state index in [9.17, 15) is 0 Å². The van der Waals surface area contributed by atoms with Crippen molar-refractivity contribution in [3.05, 3.63) is 36.2 Å². The smallest absolute Gasteiger partial charge is 0.120 e. The third-order valence-corrected chi connectivity index (χ3v) is 1.76. The molecule has 0 aliphatic carbocycles. The second kappa shape index (κ2) is 4.48. The Hall–Kier alpha value is -1.53. The Kier molecular flexibility index (Phi) is 3.30. The van der Waals surface area contributed by atoms with Crippen LogP contribution in [0.3, 0.4) is 0 Å². The van der Waals surface area contributed by atoms with Crippen LogP contribution in [0.1, 0.15) is 5.69 Å². The first-order valence-corrected chi connectivity index (χ1v) is 4.14. The number of nitrogens with one attached hydrogen (secondary N) is 1. The fourth-order valence-electron chi connectivity index (χ4n) is 1.20. The summed E-state index contributed by atoms with van der Waals surface area (Å²) in [4.78, 5) is 0. The molecule has 3 heteroatoms. The average molecular weight is 175 g/mol. The van der Waals surface area contributed by atoms with Crippen molar-refractivity contribution in [2.24, 2.45) is 0 Å². The van der Waals surface area contributed by atoms with Gasteiger partial charge in [0, 0.05) is 19.3 Å². The van der Waals surface area contributed by atoms with Crippen LogP contribution in [0.4, 0.5) is 0 Å². The number of nitriles is 1. The molecule has 0 saturated carbocycles. The van der Waals surface area contributed by atoms with Crippen LogP contribution in [0.2, 0.25) is 0 Å². The zero-order valence-electron chi connectivity index (χ0n) is 7.75. The van der Waals surface area contributed by atoms with Gasteiger partial charge < -0.3 is 9.88 Å². The van der Waals surface area contributed by atoms with Crippen LogP contribution in [0.5, 0.6) is 0 Å². The standard InChI is InChI=1S/C10H13N3/c1-9(7-12-2)8-13-5-3-4-10(13)6-11/h3-5,12H,1,7-8H2,2H3. The molecule has 1 rings (SSSR count). The van der Waals surface area contributed by atoms with E-state index < -0.39 is 0 Å². The summed E-state index contributed by atoms with van der Waals surface area (Å²) in [5.74, 6) is 0. The molecule has 0 spiro atoms. The van der Waals surface area contributed by atoms with Gasteiger partial charge in [-0.15, -0.1) is 0 Å². The first kappa shape index (κ1) is 9.56. The van der Waals surface area contributed by atoms with Crippen LogP contribution in [0, 0.1) is 11.3 Å². The van der Waals surface area contributed by atoms with E-state index in [0.717, 1.165) is 12.1 Å². The molecule has 0 aliphatic rings. The van der Waals surface area contributed by atoms with Crippen LogP contribution in [-0.4, -0.2) is 18.2 Å². The number of rotatable bonds is 4. The van der Waals surface area contributed by atoms with Crippen LogP contribution >= 0.6 is 0 Å². The summed E-state index contributed by atoms with van der Waals surface area (Å²) in [5.41, 5.74) is 1.74. The van der Waals surface area contributed by atoms with Gasteiger partial charge in [0.05, 0.1) is 0 Å². The maximum absolute atomic E-state index is 8.73. The number of nitrogens with zero attached hydrogens (tertiary/aromatic N) is 2. The highest BCUT2D eigenvalue weighted by Gasteiger charge is 1.99. The van der Waals surface area contributed by atoms with Gasteiger partial charge >= 0.3 is 0 Å². The lowest BCUT2D eigenvalue weighted by molar-refractivity contribution is 0.733. The third kappa shape index (κ3) is 2.46. The molecule has 1 aromatic rings. The van der Waals surface area contributed by atoms with Crippen molar-refractivity contribution in [2.45, 2.75) is 6.54 Å². The van der Waals surface area contributed by atoms with E-state index in [1.807, 2.05) is 23.9 Å². The van der Waals surface area contributed by atoms with Crippen molar-refractivity contribution < 1.29 is 0 Å². The van der Waals surface area contributed by atoms with E-state index in [1.54, 1.807) is 6.07 Å². The lowest BCUT2D eigenvalue weighted by Gasteiger charge is -2.06. The number of aromatic nitrogens is 1. The monoisotopic (exact) mass is 175 g/mol. The molecule has 13 heavy (non-hydrogen) atoms. The highest BCUT2D eigenvalue weighted by molar-refractivity contribution is 5.23. The summed E-state index contributed by atoms with van der Waals surface area (Å²) in [6, 6.07) is 5.79. The highest BCUT2D eigenvalue weighted by atomic mass is 15.0. The molecule has 0 bridgehead atoms. The number of hydrogen-bond donors (Lipinski definition) is 1. The summed E-state index contributed by atoms with van der Waals surface area (Å²) in [6.07, 6.45) is 1.89. The predicted molar refractivity (Wildman–Crippen MR) is 52.2 cm³/mol. The maximum Gasteiger partial charge on any atom is 0.120 e. The van der Waals surface area contributed by atoms with Crippen molar-refractivity contribution in [1.29, 1.82) is 5.26 Å². The van der Waals surface area contributed by atoms with Gasteiger partial charge in [-0.3, -0.25) is 0 Å². The van der Waals surface area contributed by atoms with Gasteiger partial charge in [0.1, 0.15) is 11.8 Å². The van der Waals surface area contributed by atoms with Crippen LogP contribution in [-0.2, 0) is 6.54 Å². The Morgan fingerprint density at radius 3 is 3.15 bits per heavy atom. The molecule has 0 atom stereocenters. The van der Waals surface area contributed by atoms with Crippen LogP contribution < -0.4 is 5.32 Å². The quantitative estimate of drug-likeness (QED) is 0.697. The molecule has 0 amide bonds. The lowest BCUT2D eigenvalue weighted by atomic mass is 10.3. The zero-order valence-corrected chi connectivity index (χ0v) is 7.75. The first-order valence-electron chi connectivity index (χ1n) is 4.14. The average Bonchev–Trinajstić information content (AvgIpc) is 2.52. The van der Waals surface area contributed by atoms with Gasteiger partial charge in [0.2, 0.25) is 0 Å². The Bertz CT molecular complexity index is 330. The molecule has 0 fully saturated rings. The molecule has 0 aliphatic heterocycles. The molecule has 1 heterocycles. The summed E-state index contributed by atoms with van der Waals surface area (Å²) < 4.78 is 1.89. The Morgan fingerprint density at radius 1 is 1.77 bits per heavy atom. The largest absolute Gasteiger partial charge is 0.335 e. The number of likely N-dealkylation sites (N-methyl/N-ethyl adjacent to an activating group) is 1. The molecule has 0 aromatic carbocycles. The molecular weight excluding hydrogens is 162 g/mol. The van der Waals surface area contributed by atoms with E-state index in [-0.39, 0.29) is 0 Å². The van der Waals surface area contributed by atoms with Crippen molar-refractivity contribution >= 4 is 0 Å². The Labute approximate surface area is 78.3 Å². The molecule has 0 unspecified atom stereocenters. The predicted octanol–water partition coefficient (Wildman–Crippen LogP) is 1.14. The van der Waals surface area contributed by atoms with Gasteiger partial charge in [0.25, 0.3) is 0 Å². The SMILES string of the molecule is C=C(CNC)Cn1cccc1C#N. The molecule has 1 aromatic heterocycles. The Balaban J connectivity index is 2.64. The fraction of sp³-hybridized carbons (Fsp3) is 0.300. The minimum absolute atomic E-state index is 0.678. The van der Waals surface area contributed by atoms with E-state index in [0.29, 0.717) is 12.2 Å². The summed E-state index contributed by atoms with van der Waals surface area (Å²) >= 11 is 0. The topological polar surface area (TPSA) is 40.8 Å². The second-order valence-corrected chi connectivity index (χ2v) is 2.91. The van der Waals surface area contributed by atoms with E-state index in [4.69, 9.17) is 5.26 Å². The van der Waals surface area contributed by atoms with Gasteiger partial charge in [-0.1, -0.05) is 6.58 Å². The highest BCUT2D eigenvalue weighted by Crippen LogP contribution is 2.03. The molecule has 68 valence electrons. The van der Waals surface area contributed by atoms with Crippen LogP contribution in [0.15, 0.2) is 30.5 Å². The molecule has 3 nitrogen and oxygen atoms in total. The van der Waals surface area contributed by atoms with Gasteiger partial charge in [-0.25, -0.2) is 0 Å². The van der Waals surface area contributed by atoms with Crippen molar-refractivity contribution in [3.63, 3.8) is 0 Å². The van der Waals surface area contributed by atoms with E-state index in [2.05, 4.69) is 18.0 Å². The lowest BCUT2D eigenvalue weighted by Crippen LogP contribution is -2.14. The summed E-state index contributed by atoms with van der Waals surface area (Å²) in [7, 11) is 1.88. The first-order chi connectivity index (χ1) is 6.27. The Morgan fingerprint density at radius 2 is 2.54 bits per heavy atom. The minimum Gasteiger partial charge on any atom is -0.335 e. The minimum atomic E-state index is 0.678. The van der Waals surface area contributed by atoms with Gasteiger partial charge in [-0.2, -0.15) is 5.26 Å². The number of hydrogen-bond acceptors (Lipinski definition) is 2. The normalized spacial score (nSPS) is 9.54. The fourth-order valence-corrected chi connectivity index (χ4v) is 1.20.